The molecule has 0 aromatic heterocycles. The third-order valence-electron chi connectivity index (χ3n) is 4.14. The van der Waals surface area contributed by atoms with Crippen molar-refractivity contribution in [2.45, 2.75) is 44.1 Å². The molecule has 1 N–H and O–H groups in total. The Balaban J connectivity index is 1.91. The number of hydrogen-bond donors (Lipinski definition) is 1. The highest BCUT2D eigenvalue weighted by Gasteiger charge is 2.27. The summed E-state index contributed by atoms with van der Waals surface area (Å²) in [6.07, 6.45) is 2.75. The number of aliphatic hydroxyl groups excluding tert-OH is 1. The molecule has 0 amide bonds. The minimum atomic E-state index is -3.11. The van der Waals surface area contributed by atoms with Crippen molar-refractivity contribution < 1.29 is 13.5 Å². The summed E-state index contributed by atoms with van der Waals surface area (Å²) in [5, 5.41) is 9.82. The van der Waals surface area contributed by atoms with Crippen molar-refractivity contribution in [2.24, 2.45) is 0 Å². The Bertz CT molecular complexity index is 528. The van der Waals surface area contributed by atoms with Gasteiger partial charge < -0.3 is 5.11 Å². The molecule has 1 aromatic rings. The highest BCUT2D eigenvalue weighted by molar-refractivity contribution is 7.90. The summed E-state index contributed by atoms with van der Waals surface area (Å²) in [6.45, 7) is 3.20. The normalized spacial score (nSPS) is 22.1. The highest BCUT2D eigenvalue weighted by atomic mass is 32.2. The van der Waals surface area contributed by atoms with E-state index in [2.05, 4.69) is 4.90 Å². The van der Waals surface area contributed by atoms with Crippen LogP contribution in [0.1, 0.15) is 31.7 Å². The van der Waals surface area contributed by atoms with Crippen molar-refractivity contribution in [3.05, 3.63) is 35.9 Å². The van der Waals surface area contributed by atoms with Gasteiger partial charge in [0.15, 0.2) is 9.84 Å². The Morgan fingerprint density at radius 2 is 2.00 bits per heavy atom. The van der Waals surface area contributed by atoms with E-state index < -0.39 is 15.9 Å². The van der Waals surface area contributed by atoms with E-state index >= 15 is 0 Å². The zero-order chi connectivity index (χ0) is 15.3. The van der Waals surface area contributed by atoms with Crippen LogP contribution >= 0.6 is 0 Å². The Hall–Kier alpha value is -0.910. The van der Waals surface area contributed by atoms with Gasteiger partial charge in [-0.3, -0.25) is 4.90 Å². The minimum Gasteiger partial charge on any atom is -0.392 e. The smallest absolute Gasteiger partial charge is 0.155 e. The molecule has 0 unspecified atom stereocenters. The molecule has 1 saturated heterocycles. The van der Waals surface area contributed by atoms with E-state index in [1.54, 1.807) is 6.92 Å². The lowest BCUT2D eigenvalue weighted by Gasteiger charge is -2.37. The van der Waals surface area contributed by atoms with Gasteiger partial charge in [0.05, 0.1) is 17.6 Å². The monoisotopic (exact) mass is 311 g/mol. The van der Waals surface area contributed by atoms with Crippen LogP contribution in [0.3, 0.4) is 0 Å². The molecule has 1 aliphatic rings. The topological polar surface area (TPSA) is 57.6 Å². The van der Waals surface area contributed by atoms with E-state index in [9.17, 15) is 13.5 Å². The second kappa shape index (κ2) is 7.38. The van der Waals surface area contributed by atoms with Crippen LogP contribution in [0.25, 0.3) is 0 Å². The molecule has 0 spiro atoms. The zero-order valence-electron chi connectivity index (χ0n) is 12.6. The molecule has 21 heavy (non-hydrogen) atoms. The third-order valence-corrected chi connectivity index (χ3v) is 5.72. The van der Waals surface area contributed by atoms with Crippen LogP contribution in [0.15, 0.2) is 30.3 Å². The molecule has 118 valence electrons. The first-order valence-electron chi connectivity index (χ1n) is 7.64. The number of sulfone groups is 1. The summed E-state index contributed by atoms with van der Waals surface area (Å²) in [5.41, 5.74) is 0.836. The van der Waals surface area contributed by atoms with Crippen molar-refractivity contribution in [2.75, 3.05) is 18.8 Å². The van der Waals surface area contributed by atoms with Crippen molar-refractivity contribution in [3.63, 3.8) is 0 Å². The van der Waals surface area contributed by atoms with Crippen LogP contribution in [0.5, 0.6) is 0 Å². The molecule has 4 nitrogen and oxygen atoms in total. The summed E-state index contributed by atoms with van der Waals surface area (Å²) < 4.78 is 24.5. The summed E-state index contributed by atoms with van der Waals surface area (Å²) >= 11 is 0. The summed E-state index contributed by atoms with van der Waals surface area (Å²) in [5.74, 6) is 0.256. The zero-order valence-corrected chi connectivity index (χ0v) is 13.4. The molecule has 0 aliphatic carbocycles. The van der Waals surface area contributed by atoms with Crippen LogP contribution in [-0.4, -0.2) is 49.4 Å². The van der Waals surface area contributed by atoms with E-state index in [-0.39, 0.29) is 17.5 Å². The van der Waals surface area contributed by atoms with E-state index in [1.807, 2.05) is 30.3 Å². The van der Waals surface area contributed by atoms with Crippen LogP contribution in [0.2, 0.25) is 0 Å². The molecule has 1 heterocycles. The van der Waals surface area contributed by atoms with E-state index in [0.29, 0.717) is 6.54 Å². The Kier molecular flexibility index (Phi) is 5.79. The molecule has 5 heteroatoms. The SMILES string of the molecule is C[C@H](O)[C@@H]1CCCCN1CCS(=O)(=O)Cc1ccccc1. The summed E-state index contributed by atoms with van der Waals surface area (Å²) in [6, 6.07) is 9.40. The second-order valence-electron chi connectivity index (χ2n) is 5.92. The van der Waals surface area contributed by atoms with Crippen molar-refractivity contribution in [3.8, 4) is 0 Å². The quantitative estimate of drug-likeness (QED) is 0.871. The van der Waals surface area contributed by atoms with Gasteiger partial charge in [-0.25, -0.2) is 8.42 Å². The van der Waals surface area contributed by atoms with Crippen molar-refractivity contribution in [1.29, 1.82) is 0 Å². The fourth-order valence-corrected chi connectivity index (χ4v) is 4.35. The van der Waals surface area contributed by atoms with Gasteiger partial charge in [0, 0.05) is 12.6 Å². The maximum atomic E-state index is 12.2. The number of nitrogens with zero attached hydrogens (tertiary/aromatic N) is 1. The highest BCUT2D eigenvalue weighted by Crippen LogP contribution is 2.20. The first-order valence-corrected chi connectivity index (χ1v) is 9.46. The molecule has 0 radical (unpaired) electrons. The maximum Gasteiger partial charge on any atom is 0.155 e. The number of likely N-dealkylation sites (tertiary alicyclic amines) is 1. The predicted octanol–water partition coefficient (Wildman–Crippen LogP) is 1.84. The average molecular weight is 311 g/mol. The lowest BCUT2D eigenvalue weighted by atomic mass is 9.98. The molecule has 0 saturated carbocycles. The second-order valence-corrected chi connectivity index (χ2v) is 8.10. The standard InChI is InChI=1S/C16H25NO3S/c1-14(18)16-9-5-6-10-17(16)11-12-21(19,20)13-15-7-3-2-4-8-15/h2-4,7-8,14,16,18H,5-6,9-13H2,1H3/t14-,16-/m0/s1. The first kappa shape index (κ1) is 16.5. The van der Waals surface area contributed by atoms with E-state index in [4.69, 9.17) is 0 Å². The van der Waals surface area contributed by atoms with Gasteiger partial charge in [-0.1, -0.05) is 36.8 Å². The molecule has 2 atom stereocenters. The largest absolute Gasteiger partial charge is 0.392 e. The number of aliphatic hydroxyl groups is 1. The Morgan fingerprint density at radius 1 is 1.29 bits per heavy atom. The predicted molar refractivity (Wildman–Crippen MR) is 84.8 cm³/mol. The molecule has 1 fully saturated rings. The summed E-state index contributed by atoms with van der Waals surface area (Å²) in [7, 11) is -3.11. The van der Waals surface area contributed by atoms with Crippen LogP contribution < -0.4 is 0 Å². The Labute approximate surface area is 127 Å². The molecular formula is C16H25NO3S. The fourth-order valence-electron chi connectivity index (χ4n) is 3.00. The molecule has 1 aromatic carbocycles. The van der Waals surface area contributed by atoms with Gasteiger partial charge in [-0.15, -0.1) is 0 Å². The van der Waals surface area contributed by atoms with Gasteiger partial charge in [-0.2, -0.15) is 0 Å². The van der Waals surface area contributed by atoms with Crippen molar-refractivity contribution in [1.82, 2.24) is 4.90 Å². The third kappa shape index (κ3) is 5.09. The van der Waals surface area contributed by atoms with Crippen LogP contribution in [-0.2, 0) is 15.6 Å². The van der Waals surface area contributed by atoms with E-state index in [0.717, 1.165) is 31.4 Å². The number of benzene rings is 1. The minimum absolute atomic E-state index is 0.0982. The molecule has 0 bridgehead atoms. The summed E-state index contributed by atoms with van der Waals surface area (Å²) in [4.78, 5) is 2.14. The molecule has 1 aliphatic heterocycles. The average Bonchev–Trinajstić information content (AvgIpc) is 2.46. The van der Waals surface area contributed by atoms with Crippen LogP contribution in [0.4, 0.5) is 0 Å². The van der Waals surface area contributed by atoms with E-state index in [1.165, 1.54) is 0 Å². The lowest BCUT2D eigenvalue weighted by molar-refractivity contribution is 0.0403. The van der Waals surface area contributed by atoms with Gasteiger partial charge >= 0.3 is 0 Å². The number of hydrogen-bond acceptors (Lipinski definition) is 4. The maximum absolute atomic E-state index is 12.2. The molecular weight excluding hydrogens is 286 g/mol. The van der Waals surface area contributed by atoms with Crippen LogP contribution in [0, 0.1) is 0 Å². The fraction of sp³-hybridized carbons (Fsp3) is 0.625. The van der Waals surface area contributed by atoms with Gasteiger partial charge in [0.1, 0.15) is 0 Å². The van der Waals surface area contributed by atoms with Gasteiger partial charge in [0.25, 0.3) is 0 Å². The first-order chi connectivity index (χ1) is 9.98. The number of piperidine rings is 1. The lowest BCUT2D eigenvalue weighted by Crippen LogP contribution is -2.47. The Morgan fingerprint density at radius 3 is 2.67 bits per heavy atom. The van der Waals surface area contributed by atoms with Gasteiger partial charge in [-0.05, 0) is 31.9 Å². The number of rotatable bonds is 6. The molecule has 2 rings (SSSR count). The van der Waals surface area contributed by atoms with Gasteiger partial charge in [0.2, 0.25) is 0 Å². The van der Waals surface area contributed by atoms with Crippen molar-refractivity contribution >= 4 is 9.84 Å².